The number of fused-ring (bicyclic) bond motifs is 1. The molecule has 0 atom stereocenters. The first-order valence-corrected chi connectivity index (χ1v) is 4.31. The normalized spacial score (nSPS) is 10.7. The topological polar surface area (TPSA) is 30.2 Å². The molecule has 0 saturated carbocycles. The Kier molecular flexibility index (Phi) is 1.56. The van der Waals surface area contributed by atoms with Crippen LogP contribution in [0.4, 0.5) is 0 Å². The van der Waals surface area contributed by atoms with Gasteiger partial charge in [-0.05, 0) is 29.5 Å². The predicted octanol–water partition coefficient (Wildman–Crippen LogP) is 1.64. The van der Waals surface area contributed by atoms with Crippen molar-refractivity contribution in [1.29, 1.82) is 0 Å². The van der Waals surface area contributed by atoms with E-state index in [0.717, 1.165) is 14.8 Å². The van der Waals surface area contributed by atoms with Crippen molar-refractivity contribution in [2.45, 2.75) is 6.92 Å². The van der Waals surface area contributed by atoms with Crippen LogP contribution < -0.4 is 0 Å². The van der Waals surface area contributed by atoms with E-state index < -0.39 is 0 Å². The van der Waals surface area contributed by atoms with Crippen molar-refractivity contribution in [1.82, 2.24) is 14.6 Å². The summed E-state index contributed by atoms with van der Waals surface area (Å²) < 4.78 is 2.97. The SMILES string of the molecule is Cc1cn2ncc(I)c2cn1. The van der Waals surface area contributed by atoms with Gasteiger partial charge in [0.25, 0.3) is 0 Å². The van der Waals surface area contributed by atoms with Crippen LogP contribution >= 0.6 is 22.6 Å². The molecule has 0 fully saturated rings. The summed E-state index contributed by atoms with van der Waals surface area (Å²) >= 11 is 2.24. The maximum Gasteiger partial charge on any atom is 0.0978 e. The van der Waals surface area contributed by atoms with E-state index in [1.54, 1.807) is 0 Å². The number of aromatic nitrogens is 3. The molecule has 2 aromatic rings. The van der Waals surface area contributed by atoms with Crippen molar-refractivity contribution in [2.75, 3.05) is 0 Å². The number of rotatable bonds is 0. The number of nitrogens with zero attached hydrogens (tertiary/aromatic N) is 3. The number of hydrogen-bond acceptors (Lipinski definition) is 2. The lowest BCUT2D eigenvalue weighted by atomic mass is 10.5. The molecule has 0 amide bonds. The van der Waals surface area contributed by atoms with Gasteiger partial charge in [-0.15, -0.1) is 0 Å². The largest absolute Gasteiger partial charge is 0.258 e. The molecule has 4 heteroatoms. The van der Waals surface area contributed by atoms with Crippen molar-refractivity contribution >= 4 is 28.1 Å². The molecule has 0 aliphatic carbocycles. The minimum atomic E-state index is 0.983. The zero-order chi connectivity index (χ0) is 7.84. The lowest BCUT2D eigenvalue weighted by Crippen LogP contribution is -1.90. The van der Waals surface area contributed by atoms with Gasteiger partial charge >= 0.3 is 0 Å². The average Bonchev–Trinajstić information content (AvgIpc) is 2.32. The van der Waals surface area contributed by atoms with E-state index in [0.29, 0.717) is 0 Å². The van der Waals surface area contributed by atoms with Gasteiger partial charge in [0.2, 0.25) is 0 Å². The summed E-state index contributed by atoms with van der Waals surface area (Å²) in [5.74, 6) is 0. The maximum atomic E-state index is 4.17. The maximum absolute atomic E-state index is 4.17. The van der Waals surface area contributed by atoms with E-state index in [4.69, 9.17) is 0 Å². The van der Waals surface area contributed by atoms with Crippen LogP contribution in [-0.2, 0) is 0 Å². The van der Waals surface area contributed by atoms with Gasteiger partial charge < -0.3 is 0 Å². The van der Waals surface area contributed by atoms with E-state index in [9.17, 15) is 0 Å². The predicted molar refractivity (Wildman–Crippen MR) is 50.4 cm³/mol. The third-order valence-electron chi connectivity index (χ3n) is 1.49. The molecule has 0 bridgehead atoms. The van der Waals surface area contributed by atoms with Gasteiger partial charge in [0, 0.05) is 0 Å². The van der Waals surface area contributed by atoms with Crippen LogP contribution in [0.25, 0.3) is 5.52 Å². The summed E-state index contributed by atoms with van der Waals surface area (Å²) in [5.41, 5.74) is 2.05. The molecule has 3 nitrogen and oxygen atoms in total. The molecule has 2 aromatic heterocycles. The summed E-state index contributed by atoms with van der Waals surface area (Å²) in [4.78, 5) is 4.17. The smallest absolute Gasteiger partial charge is 0.0978 e. The molecule has 0 aromatic carbocycles. The zero-order valence-corrected chi connectivity index (χ0v) is 8.11. The van der Waals surface area contributed by atoms with Crippen LogP contribution in [0.15, 0.2) is 18.6 Å². The van der Waals surface area contributed by atoms with Crippen LogP contribution in [0.1, 0.15) is 5.69 Å². The number of hydrogen-bond donors (Lipinski definition) is 0. The number of halogens is 1. The first-order chi connectivity index (χ1) is 5.27. The van der Waals surface area contributed by atoms with E-state index in [1.165, 1.54) is 0 Å². The molecule has 0 aliphatic heterocycles. The van der Waals surface area contributed by atoms with Crippen LogP contribution in [0.5, 0.6) is 0 Å². The molecule has 0 radical (unpaired) electrons. The minimum absolute atomic E-state index is 0.983. The second-order valence-corrected chi connectivity index (χ2v) is 3.51. The second kappa shape index (κ2) is 2.44. The molecule has 0 N–H and O–H groups in total. The van der Waals surface area contributed by atoms with Gasteiger partial charge in [0.1, 0.15) is 0 Å². The number of aryl methyl sites for hydroxylation is 1. The Morgan fingerprint density at radius 1 is 1.45 bits per heavy atom. The fourth-order valence-corrected chi connectivity index (χ4v) is 1.46. The van der Waals surface area contributed by atoms with E-state index in [-0.39, 0.29) is 0 Å². The summed E-state index contributed by atoms with van der Waals surface area (Å²) in [6.07, 6.45) is 5.58. The Morgan fingerprint density at radius 2 is 2.27 bits per heavy atom. The second-order valence-electron chi connectivity index (χ2n) is 2.35. The van der Waals surface area contributed by atoms with E-state index >= 15 is 0 Å². The van der Waals surface area contributed by atoms with Crippen molar-refractivity contribution in [3.8, 4) is 0 Å². The molecule has 2 heterocycles. The summed E-state index contributed by atoms with van der Waals surface area (Å²) in [6.45, 7) is 1.95. The monoisotopic (exact) mass is 259 g/mol. The fraction of sp³-hybridized carbons (Fsp3) is 0.143. The molecule has 2 rings (SSSR count). The van der Waals surface area contributed by atoms with Crippen LogP contribution in [0.2, 0.25) is 0 Å². The highest BCUT2D eigenvalue weighted by atomic mass is 127. The third kappa shape index (κ3) is 1.11. The Morgan fingerprint density at radius 3 is 3.09 bits per heavy atom. The van der Waals surface area contributed by atoms with Crippen molar-refractivity contribution in [2.24, 2.45) is 0 Å². The Balaban J connectivity index is 2.86. The van der Waals surface area contributed by atoms with E-state index in [1.807, 2.05) is 30.0 Å². The van der Waals surface area contributed by atoms with Gasteiger partial charge in [-0.1, -0.05) is 0 Å². The van der Waals surface area contributed by atoms with Gasteiger partial charge in [0.15, 0.2) is 0 Å². The standard InChI is InChI=1S/C7H6IN3/c1-5-4-11-7(3-9-5)6(8)2-10-11/h2-4H,1H3. The van der Waals surface area contributed by atoms with Crippen LogP contribution in [0, 0.1) is 10.5 Å². The third-order valence-corrected chi connectivity index (χ3v) is 2.32. The molecule has 0 saturated heterocycles. The first kappa shape index (κ1) is 7.02. The highest BCUT2D eigenvalue weighted by Gasteiger charge is 1.99. The lowest BCUT2D eigenvalue weighted by Gasteiger charge is -1.93. The molecular formula is C7H6IN3. The first-order valence-electron chi connectivity index (χ1n) is 3.23. The Bertz CT molecular complexity index is 393. The minimum Gasteiger partial charge on any atom is -0.258 e. The van der Waals surface area contributed by atoms with E-state index in [2.05, 4.69) is 32.7 Å². The van der Waals surface area contributed by atoms with Gasteiger partial charge in [0.05, 0.1) is 33.4 Å². The van der Waals surface area contributed by atoms with Crippen LogP contribution in [0.3, 0.4) is 0 Å². The quantitative estimate of drug-likeness (QED) is 0.673. The molecule has 0 aliphatic rings. The van der Waals surface area contributed by atoms with Crippen molar-refractivity contribution in [3.05, 3.63) is 27.9 Å². The molecule has 11 heavy (non-hydrogen) atoms. The Hall–Kier alpha value is -0.650. The summed E-state index contributed by atoms with van der Waals surface area (Å²) in [5, 5.41) is 4.15. The summed E-state index contributed by atoms with van der Waals surface area (Å²) in [6, 6.07) is 0. The van der Waals surface area contributed by atoms with Crippen molar-refractivity contribution in [3.63, 3.8) is 0 Å². The molecular weight excluding hydrogens is 253 g/mol. The highest BCUT2D eigenvalue weighted by Crippen LogP contribution is 2.11. The average molecular weight is 259 g/mol. The highest BCUT2D eigenvalue weighted by molar-refractivity contribution is 14.1. The fourth-order valence-electron chi connectivity index (χ4n) is 0.948. The van der Waals surface area contributed by atoms with Gasteiger partial charge in [-0.25, -0.2) is 4.52 Å². The van der Waals surface area contributed by atoms with Gasteiger partial charge in [-0.3, -0.25) is 4.98 Å². The summed E-state index contributed by atoms with van der Waals surface area (Å²) in [7, 11) is 0. The lowest BCUT2D eigenvalue weighted by molar-refractivity contribution is 0.928. The van der Waals surface area contributed by atoms with Gasteiger partial charge in [-0.2, -0.15) is 5.10 Å². The van der Waals surface area contributed by atoms with Crippen LogP contribution in [-0.4, -0.2) is 14.6 Å². The van der Waals surface area contributed by atoms with Crippen molar-refractivity contribution < 1.29 is 0 Å². The molecule has 56 valence electrons. The molecule has 0 spiro atoms. The Labute approximate surface area is 77.6 Å². The zero-order valence-electron chi connectivity index (χ0n) is 5.95. The molecule has 0 unspecified atom stereocenters.